The molecule has 0 bridgehead atoms. The van der Waals surface area contributed by atoms with E-state index in [1.807, 2.05) is 42.5 Å². The predicted molar refractivity (Wildman–Crippen MR) is 122 cm³/mol. The van der Waals surface area contributed by atoms with Crippen molar-refractivity contribution in [1.82, 2.24) is 9.73 Å². The molecule has 3 aromatic carbocycles. The van der Waals surface area contributed by atoms with Crippen LogP contribution in [0.3, 0.4) is 0 Å². The van der Waals surface area contributed by atoms with Crippen LogP contribution in [0.2, 0.25) is 5.02 Å². The molecule has 1 amide bonds. The number of carbonyl (C=O) groups excluding carboxylic acids is 1. The molecule has 1 N–H and O–H groups in total. The van der Waals surface area contributed by atoms with Gasteiger partial charge in [-0.2, -0.15) is 17.9 Å². The van der Waals surface area contributed by atoms with Gasteiger partial charge in [0.1, 0.15) is 18.0 Å². The van der Waals surface area contributed by atoms with Crippen LogP contribution in [-0.2, 0) is 21.4 Å². The molecule has 0 saturated heterocycles. The molecule has 0 radical (unpaired) electrons. The molecule has 164 valence electrons. The van der Waals surface area contributed by atoms with E-state index in [9.17, 15) is 13.2 Å². The van der Waals surface area contributed by atoms with Crippen molar-refractivity contribution in [3.63, 3.8) is 0 Å². The van der Waals surface area contributed by atoms with Gasteiger partial charge in [-0.25, -0.2) is 0 Å². The molecule has 7 nitrogen and oxygen atoms in total. The van der Waals surface area contributed by atoms with Gasteiger partial charge >= 0.3 is 0 Å². The molecule has 32 heavy (non-hydrogen) atoms. The van der Waals surface area contributed by atoms with Crippen LogP contribution in [0.1, 0.15) is 16.7 Å². The quantitative estimate of drug-likeness (QED) is 0.599. The van der Waals surface area contributed by atoms with Crippen molar-refractivity contribution in [1.29, 1.82) is 0 Å². The minimum atomic E-state index is -4.02. The minimum absolute atomic E-state index is 0.0544. The van der Waals surface area contributed by atoms with E-state index in [2.05, 4.69) is 10.4 Å². The number of sulfonamides is 1. The summed E-state index contributed by atoms with van der Waals surface area (Å²) in [5, 5.41) is 7.46. The number of amides is 1. The molecule has 1 aliphatic heterocycles. The van der Waals surface area contributed by atoms with Crippen LogP contribution in [0, 0.1) is 0 Å². The third-order valence-corrected chi connectivity index (χ3v) is 6.85. The van der Waals surface area contributed by atoms with E-state index in [1.54, 1.807) is 25.3 Å². The standard InChI is InChI=1S/C23H20ClN3O4S/c1-31-19-10-7-16(8-11-19)14-25-22(28)15-27-26-23(17-5-3-2-4-6-17)20-13-18(24)9-12-21(20)32(27,29)30/h2-13H,14-15H2,1H3,(H,25,28). The first-order chi connectivity index (χ1) is 15.4. The number of rotatable bonds is 6. The number of fused-ring (bicyclic) bond motifs is 1. The van der Waals surface area contributed by atoms with Gasteiger partial charge in [-0.15, -0.1) is 0 Å². The van der Waals surface area contributed by atoms with Crippen molar-refractivity contribution in [2.45, 2.75) is 11.4 Å². The SMILES string of the molecule is COc1ccc(CNC(=O)CN2N=C(c3ccccc3)c3cc(Cl)ccc3S2(=O)=O)cc1. The molecule has 9 heteroatoms. The summed E-state index contributed by atoms with van der Waals surface area (Å²) in [5.74, 6) is 0.235. The number of hydrazone groups is 1. The molecule has 4 rings (SSSR count). The highest BCUT2D eigenvalue weighted by Crippen LogP contribution is 2.31. The highest BCUT2D eigenvalue weighted by atomic mass is 35.5. The fourth-order valence-electron chi connectivity index (χ4n) is 3.30. The average Bonchev–Trinajstić information content (AvgIpc) is 2.80. The Morgan fingerprint density at radius 3 is 2.47 bits per heavy atom. The number of ether oxygens (including phenoxy) is 1. The van der Waals surface area contributed by atoms with Crippen molar-refractivity contribution >= 4 is 33.2 Å². The van der Waals surface area contributed by atoms with Gasteiger partial charge in [0.15, 0.2) is 0 Å². The second-order valence-corrected chi connectivity index (χ2v) is 9.31. The summed E-state index contributed by atoms with van der Waals surface area (Å²) in [6.45, 7) is -0.199. The lowest BCUT2D eigenvalue weighted by atomic mass is 10.0. The first-order valence-corrected chi connectivity index (χ1v) is 11.6. The Morgan fingerprint density at radius 1 is 1.06 bits per heavy atom. The van der Waals surface area contributed by atoms with Crippen LogP contribution >= 0.6 is 11.6 Å². The normalized spacial score (nSPS) is 14.3. The minimum Gasteiger partial charge on any atom is -0.497 e. The second kappa shape index (κ2) is 9.02. The van der Waals surface area contributed by atoms with Gasteiger partial charge < -0.3 is 10.1 Å². The zero-order valence-corrected chi connectivity index (χ0v) is 18.7. The number of hydrogen-bond acceptors (Lipinski definition) is 5. The van der Waals surface area contributed by atoms with E-state index >= 15 is 0 Å². The number of methoxy groups -OCH3 is 1. The van der Waals surface area contributed by atoms with Crippen LogP contribution < -0.4 is 10.1 Å². The molecular weight excluding hydrogens is 450 g/mol. The van der Waals surface area contributed by atoms with E-state index in [0.29, 0.717) is 22.0 Å². The van der Waals surface area contributed by atoms with Gasteiger partial charge in [0.25, 0.3) is 10.0 Å². The summed E-state index contributed by atoms with van der Waals surface area (Å²) in [7, 11) is -2.44. The van der Waals surface area contributed by atoms with Gasteiger partial charge in [0, 0.05) is 22.7 Å². The first kappa shape index (κ1) is 21.9. The molecule has 1 aliphatic rings. The third-order valence-electron chi connectivity index (χ3n) is 4.94. The molecular formula is C23H20ClN3O4S. The van der Waals surface area contributed by atoms with Crippen LogP contribution in [0.15, 0.2) is 82.8 Å². The topological polar surface area (TPSA) is 88.1 Å². The first-order valence-electron chi connectivity index (χ1n) is 9.75. The summed E-state index contributed by atoms with van der Waals surface area (Å²) >= 11 is 6.13. The number of nitrogens with zero attached hydrogens (tertiary/aromatic N) is 2. The van der Waals surface area contributed by atoms with Crippen molar-refractivity contribution < 1.29 is 17.9 Å². The number of hydrogen-bond donors (Lipinski definition) is 1. The molecule has 0 aromatic heterocycles. The number of carbonyl (C=O) groups is 1. The predicted octanol–water partition coefficient (Wildman–Crippen LogP) is 3.42. The van der Waals surface area contributed by atoms with Crippen molar-refractivity contribution in [3.8, 4) is 5.75 Å². The van der Waals surface area contributed by atoms with E-state index in [4.69, 9.17) is 16.3 Å². The molecule has 0 unspecified atom stereocenters. The monoisotopic (exact) mass is 469 g/mol. The molecule has 0 atom stereocenters. The Balaban J connectivity index is 1.59. The Hall–Kier alpha value is -3.36. The van der Waals surface area contributed by atoms with Crippen molar-refractivity contribution in [3.05, 3.63) is 94.5 Å². The average molecular weight is 470 g/mol. The van der Waals surface area contributed by atoms with Crippen molar-refractivity contribution in [2.24, 2.45) is 5.10 Å². The van der Waals surface area contributed by atoms with Gasteiger partial charge in [0.05, 0.1) is 12.0 Å². The van der Waals surface area contributed by atoms with Gasteiger partial charge in [-0.05, 0) is 35.9 Å². The summed E-state index contributed by atoms with van der Waals surface area (Å²) in [6, 6.07) is 20.9. The van der Waals surface area contributed by atoms with Crippen LogP contribution in [0.5, 0.6) is 5.75 Å². The van der Waals surface area contributed by atoms with E-state index in [0.717, 1.165) is 15.5 Å². The van der Waals surface area contributed by atoms with Crippen LogP contribution in [0.25, 0.3) is 0 Å². The molecule has 0 saturated carbocycles. The fraction of sp³-hybridized carbons (Fsp3) is 0.130. The van der Waals surface area contributed by atoms with E-state index in [1.165, 1.54) is 12.1 Å². The van der Waals surface area contributed by atoms with Crippen LogP contribution in [-0.4, -0.2) is 38.1 Å². The number of halogens is 1. The molecule has 1 heterocycles. The summed E-state index contributed by atoms with van der Waals surface area (Å²) in [4.78, 5) is 12.6. The van der Waals surface area contributed by atoms with Gasteiger partial charge in [0.2, 0.25) is 5.91 Å². The second-order valence-electron chi connectivity index (χ2n) is 7.07. The zero-order valence-electron chi connectivity index (χ0n) is 17.2. The summed E-state index contributed by atoms with van der Waals surface area (Å²) in [5.41, 5.74) is 2.41. The number of benzene rings is 3. The number of nitrogens with one attached hydrogen (secondary N) is 1. The van der Waals surface area contributed by atoms with Crippen molar-refractivity contribution in [2.75, 3.05) is 13.7 Å². The summed E-state index contributed by atoms with van der Waals surface area (Å²) in [6.07, 6.45) is 0. The lowest BCUT2D eigenvalue weighted by Crippen LogP contribution is -2.40. The maximum atomic E-state index is 13.2. The molecule has 0 spiro atoms. The van der Waals surface area contributed by atoms with Crippen LogP contribution in [0.4, 0.5) is 0 Å². The highest BCUT2D eigenvalue weighted by molar-refractivity contribution is 7.89. The highest BCUT2D eigenvalue weighted by Gasteiger charge is 2.34. The Kier molecular flexibility index (Phi) is 6.16. The molecule has 0 aliphatic carbocycles. The van der Waals surface area contributed by atoms with Gasteiger partial charge in [-0.1, -0.05) is 54.1 Å². The largest absolute Gasteiger partial charge is 0.497 e. The summed E-state index contributed by atoms with van der Waals surface area (Å²) < 4.78 is 32.3. The Labute approximate surface area is 191 Å². The Bertz CT molecular complexity index is 1280. The zero-order chi connectivity index (χ0) is 22.7. The maximum absolute atomic E-state index is 13.2. The molecule has 3 aromatic rings. The molecule has 0 fully saturated rings. The van der Waals surface area contributed by atoms with E-state index < -0.39 is 22.5 Å². The third kappa shape index (κ3) is 4.46. The lowest BCUT2D eigenvalue weighted by molar-refractivity contribution is -0.121. The maximum Gasteiger partial charge on any atom is 0.280 e. The smallest absolute Gasteiger partial charge is 0.280 e. The van der Waals surface area contributed by atoms with E-state index in [-0.39, 0.29) is 11.4 Å². The fourth-order valence-corrected chi connectivity index (χ4v) is 4.85. The van der Waals surface area contributed by atoms with Gasteiger partial charge in [-0.3, -0.25) is 4.79 Å². The lowest BCUT2D eigenvalue weighted by Gasteiger charge is -2.27. The Morgan fingerprint density at radius 2 is 1.78 bits per heavy atom.